The molecular weight excluding hydrogens is 925 g/mol. The molecule has 9 aromatic rings. The Balaban J connectivity index is 0.000000193. The molecule has 0 aliphatic carbocycles. The number of hydrogen-bond acceptors (Lipinski definition) is 4. The maximum absolute atomic E-state index is 8.49. The van der Waals surface area contributed by atoms with Crippen LogP contribution in [0.25, 0.3) is 72.6 Å². The van der Waals surface area contributed by atoms with E-state index in [1.807, 2.05) is 75.5 Å². The summed E-state index contributed by atoms with van der Waals surface area (Å²) in [4.78, 5) is 14.3. The molecule has 4 heterocycles. The molecule has 5 nitrogen and oxygen atoms in total. The summed E-state index contributed by atoms with van der Waals surface area (Å²) in [5, 5.41) is 2.00. The monoisotopic (exact) mass is 975 g/mol. The normalized spacial score (nSPS) is 13.0. The third-order valence-electron chi connectivity index (χ3n) is 9.79. The van der Waals surface area contributed by atoms with Gasteiger partial charge in [0.25, 0.3) is 0 Å². The van der Waals surface area contributed by atoms with E-state index in [1.165, 1.54) is 10.5 Å². The second-order valence-electron chi connectivity index (χ2n) is 15.0. The first-order chi connectivity index (χ1) is 28.1. The zero-order valence-corrected chi connectivity index (χ0v) is 36.7. The Hall–Kier alpha value is -5.14. The van der Waals surface area contributed by atoms with E-state index in [1.54, 1.807) is 12.1 Å². The van der Waals surface area contributed by atoms with Crippen LogP contribution in [0.2, 0.25) is 17.3 Å². The molecule has 0 atom stereocenters. The molecular formula is C49H44GeIrN4O-2. The Bertz CT molecular complexity index is 2970. The van der Waals surface area contributed by atoms with Crippen molar-refractivity contribution < 1.29 is 30.0 Å². The van der Waals surface area contributed by atoms with E-state index in [9.17, 15) is 0 Å². The van der Waals surface area contributed by atoms with Gasteiger partial charge in [-0.15, -0.1) is 18.2 Å². The molecule has 9 rings (SSSR count). The van der Waals surface area contributed by atoms with E-state index in [2.05, 4.69) is 105 Å². The molecule has 0 amide bonds. The van der Waals surface area contributed by atoms with Crippen LogP contribution >= 0.6 is 0 Å². The smallest absolute Gasteiger partial charge is 0 e. The Morgan fingerprint density at radius 2 is 1.59 bits per heavy atom. The molecule has 56 heavy (non-hydrogen) atoms. The first kappa shape index (κ1) is 34.1. The van der Waals surface area contributed by atoms with Crippen molar-refractivity contribution in [2.75, 3.05) is 0 Å². The molecule has 0 unspecified atom stereocenters. The zero-order valence-electron chi connectivity index (χ0n) is 36.2. The molecule has 0 aliphatic rings. The molecule has 0 spiro atoms. The van der Waals surface area contributed by atoms with Gasteiger partial charge in [0.2, 0.25) is 5.71 Å². The van der Waals surface area contributed by atoms with Crippen molar-refractivity contribution in [2.45, 2.75) is 50.8 Å². The Labute approximate surface area is 351 Å². The molecule has 0 saturated heterocycles. The predicted octanol–water partition coefficient (Wildman–Crippen LogP) is 12.3. The number of benzene rings is 5. The predicted molar refractivity (Wildman–Crippen MR) is 231 cm³/mol. The van der Waals surface area contributed by atoms with Crippen LogP contribution in [-0.2, 0) is 20.1 Å². The number of imidazole rings is 1. The fourth-order valence-electron chi connectivity index (χ4n) is 7.05. The molecule has 0 fully saturated rings. The van der Waals surface area contributed by atoms with Crippen LogP contribution in [0, 0.1) is 25.9 Å². The molecule has 0 aliphatic heterocycles. The standard InChI is InChI=1S/C31H20N3O.C18H24GeN.Ir/c1-20-18-19-24-23-13-9-14-25(29(23)35-31(24)32-20)30-33-26-15-6-8-17-28(26)34(30)27-16-7-5-12-22(27)21-10-3-2-4-11-21;1-13(2)16-11-18(15-9-7-14(3)8-10-15)20-12-17(16)19(4,5)6;/h2-13,15-19H,1H3;7-9,11-13H,1-6H3;/q2*-1;/i;3D3,13D;. The zero-order chi connectivity index (χ0) is 41.7. The third-order valence-corrected chi connectivity index (χ3v) is 14.0. The van der Waals surface area contributed by atoms with Gasteiger partial charge in [0.05, 0.1) is 22.4 Å². The van der Waals surface area contributed by atoms with Crippen molar-refractivity contribution >= 4 is 50.8 Å². The topological polar surface area (TPSA) is 56.7 Å². The maximum atomic E-state index is 8.49. The molecule has 4 aromatic heterocycles. The molecule has 0 bridgehead atoms. The number of aryl methyl sites for hydroxylation is 2. The van der Waals surface area contributed by atoms with Crippen molar-refractivity contribution in [3.8, 4) is 39.5 Å². The van der Waals surface area contributed by atoms with Crippen molar-refractivity contribution in [1.29, 1.82) is 0 Å². The van der Waals surface area contributed by atoms with E-state index in [0.29, 0.717) is 5.71 Å². The summed E-state index contributed by atoms with van der Waals surface area (Å²) >= 11 is -2.14. The summed E-state index contributed by atoms with van der Waals surface area (Å²) in [7, 11) is 0. The summed E-state index contributed by atoms with van der Waals surface area (Å²) in [5.74, 6) is 6.97. The van der Waals surface area contributed by atoms with Crippen molar-refractivity contribution in [3.63, 3.8) is 0 Å². The van der Waals surface area contributed by atoms with Crippen molar-refractivity contribution in [1.82, 2.24) is 19.5 Å². The SMILES string of the molecule is Cc1ccc2c(n1)oc1c(-c3nc4ccccc4n3-c3ccccc3-c3ccccc3)[c-]ccc12.[2H]C([2H])([2H])c1c[c-]c(-c2cc(C([2H])(C)C)[c]([Ge]([CH3])([CH3])[CH3])cn2)cc1.[Ir]. The van der Waals surface area contributed by atoms with Gasteiger partial charge in [0.1, 0.15) is 0 Å². The molecule has 0 saturated carbocycles. The van der Waals surface area contributed by atoms with E-state index < -0.39 is 26.0 Å². The quantitative estimate of drug-likeness (QED) is 0.123. The van der Waals surface area contributed by atoms with Crippen molar-refractivity contribution in [2.24, 2.45) is 0 Å². The van der Waals surface area contributed by atoms with Gasteiger partial charge in [-0.2, -0.15) is 0 Å². The van der Waals surface area contributed by atoms with Gasteiger partial charge in [-0.1, -0.05) is 71.6 Å². The first-order valence-corrected chi connectivity index (χ1v) is 25.8. The first-order valence-electron chi connectivity index (χ1n) is 20.4. The van der Waals surface area contributed by atoms with Crippen LogP contribution in [0.3, 0.4) is 0 Å². The number of pyridine rings is 2. The van der Waals surface area contributed by atoms with Crippen molar-refractivity contribution in [3.05, 3.63) is 163 Å². The molecule has 1 radical (unpaired) electrons. The molecule has 7 heteroatoms. The van der Waals surface area contributed by atoms with Gasteiger partial charge in [0.15, 0.2) is 0 Å². The summed E-state index contributed by atoms with van der Waals surface area (Å²) < 4.78 is 40.6. The molecule has 5 aromatic carbocycles. The number of rotatable bonds is 6. The van der Waals surface area contributed by atoms with Crippen LogP contribution in [0.5, 0.6) is 0 Å². The van der Waals surface area contributed by atoms with Crippen LogP contribution in [0.1, 0.15) is 42.0 Å². The summed E-state index contributed by atoms with van der Waals surface area (Å²) in [6, 6.07) is 48.4. The van der Waals surface area contributed by atoms with E-state index in [-0.39, 0.29) is 25.7 Å². The Kier molecular flexibility index (Phi) is 9.84. The van der Waals surface area contributed by atoms with Gasteiger partial charge >= 0.3 is 131 Å². The second kappa shape index (κ2) is 16.1. The fraction of sp³-hybridized carbons (Fsp3) is 0.163. The second-order valence-corrected chi connectivity index (χ2v) is 25.6. The van der Waals surface area contributed by atoms with E-state index in [0.717, 1.165) is 78.1 Å². The third kappa shape index (κ3) is 7.66. The average Bonchev–Trinajstić information content (AvgIpc) is 3.78. The van der Waals surface area contributed by atoms with Gasteiger partial charge in [-0.05, 0) is 42.8 Å². The number of para-hydroxylation sites is 3. The van der Waals surface area contributed by atoms with Crippen LogP contribution in [0.15, 0.2) is 138 Å². The summed E-state index contributed by atoms with van der Waals surface area (Å²) in [5.41, 5.74) is 11.2. The minimum Gasteiger partial charge on any atom is 0 e. The van der Waals surface area contributed by atoms with Gasteiger partial charge in [-0.25, -0.2) is 4.98 Å². The Morgan fingerprint density at radius 1 is 0.821 bits per heavy atom. The number of furan rings is 1. The number of aromatic nitrogens is 4. The number of fused-ring (bicyclic) bond motifs is 4. The number of hydrogen-bond donors (Lipinski definition) is 0. The Morgan fingerprint density at radius 3 is 2.34 bits per heavy atom. The minimum atomic E-state index is -2.14. The van der Waals surface area contributed by atoms with Gasteiger partial charge < -0.3 is 8.98 Å². The van der Waals surface area contributed by atoms with Crippen LogP contribution < -0.4 is 4.40 Å². The maximum Gasteiger partial charge on any atom is 0 e. The minimum absolute atomic E-state index is 0. The van der Waals surface area contributed by atoms with Gasteiger partial charge in [-0.3, -0.25) is 4.98 Å². The molecule has 281 valence electrons. The largest absolute Gasteiger partial charge is 0 e. The van der Waals surface area contributed by atoms with Crippen LogP contribution in [-0.4, -0.2) is 32.8 Å². The van der Waals surface area contributed by atoms with Gasteiger partial charge in [0, 0.05) is 42.4 Å². The number of nitrogens with zero attached hydrogens (tertiary/aromatic N) is 4. The van der Waals surface area contributed by atoms with E-state index in [4.69, 9.17) is 14.9 Å². The average molecular weight is 974 g/mol. The fourth-order valence-corrected chi connectivity index (χ4v) is 10.4. The summed E-state index contributed by atoms with van der Waals surface area (Å²) in [6.45, 7) is 3.64. The summed E-state index contributed by atoms with van der Waals surface area (Å²) in [6.07, 6.45) is 1.91. The van der Waals surface area contributed by atoms with E-state index >= 15 is 0 Å². The van der Waals surface area contributed by atoms with Crippen LogP contribution in [0.4, 0.5) is 0 Å². The molecule has 0 N–H and O–H groups in total.